The molecule has 8 heteroatoms. The predicted molar refractivity (Wildman–Crippen MR) is 74.4 cm³/mol. The average molecular weight is 321 g/mol. The highest BCUT2D eigenvalue weighted by molar-refractivity contribution is 8.13. The fourth-order valence-corrected chi connectivity index (χ4v) is 3.05. The summed E-state index contributed by atoms with van der Waals surface area (Å²) in [5.41, 5.74) is 0.245. The molecule has 2 rings (SSSR count). The molecule has 2 atom stereocenters. The summed E-state index contributed by atoms with van der Waals surface area (Å²) in [5, 5.41) is 2.82. The number of carbonyl (C=O) groups is 1. The Labute approximate surface area is 122 Å². The summed E-state index contributed by atoms with van der Waals surface area (Å²) in [4.78, 5) is 12.1. The van der Waals surface area contributed by atoms with Crippen molar-refractivity contribution in [1.29, 1.82) is 0 Å². The Hall–Kier alpha value is -1.05. The number of hydrogen-bond donors (Lipinski definition) is 1. The van der Waals surface area contributed by atoms with Gasteiger partial charge in [-0.1, -0.05) is 0 Å². The first-order chi connectivity index (χ1) is 9.29. The lowest BCUT2D eigenvalue weighted by Crippen LogP contribution is -2.41. The van der Waals surface area contributed by atoms with Crippen molar-refractivity contribution in [2.24, 2.45) is 7.05 Å². The zero-order valence-corrected chi connectivity index (χ0v) is 12.9. The number of nitrogens with zero attached hydrogens (tertiary/aromatic N) is 1. The van der Waals surface area contributed by atoms with E-state index in [1.807, 2.05) is 6.92 Å². The Morgan fingerprint density at radius 2 is 2.30 bits per heavy atom. The van der Waals surface area contributed by atoms with Crippen molar-refractivity contribution in [1.82, 2.24) is 9.88 Å². The Kier molecular flexibility index (Phi) is 4.41. The Balaban J connectivity index is 2.11. The van der Waals surface area contributed by atoms with Crippen LogP contribution in [0.15, 0.2) is 17.2 Å². The van der Waals surface area contributed by atoms with Gasteiger partial charge in [-0.2, -0.15) is 0 Å². The summed E-state index contributed by atoms with van der Waals surface area (Å²) >= 11 is 0. The van der Waals surface area contributed by atoms with Gasteiger partial charge in [0.05, 0.1) is 12.1 Å². The number of nitrogens with one attached hydrogen (secondary N) is 1. The number of amides is 1. The Morgan fingerprint density at radius 1 is 1.60 bits per heavy atom. The highest BCUT2D eigenvalue weighted by Gasteiger charge is 2.25. The third kappa shape index (κ3) is 3.34. The van der Waals surface area contributed by atoms with Gasteiger partial charge in [0.2, 0.25) is 0 Å². The minimum Gasteiger partial charge on any atom is -0.376 e. The van der Waals surface area contributed by atoms with Crippen LogP contribution in [0.4, 0.5) is 0 Å². The van der Waals surface area contributed by atoms with Crippen molar-refractivity contribution < 1.29 is 17.9 Å². The SMILES string of the molecule is CC(NC(=O)c1cc(S(=O)(=O)Cl)cn1C)C1CCCO1. The summed E-state index contributed by atoms with van der Waals surface area (Å²) in [7, 11) is 3.02. The molecule has 112 valence electrons. The summed E-state index contributed by atoms with van der Waals surface area (Å²) in [5.74, 6) is -0.345. The smallest absolute Gasteiger partial charge is 0.268 e. The third-order valence-corrected chi connectivity index (χ3v) is 4.70. The fourth-order valence-electron chi connectivity index (χ4n) is 2.26. The first-order valence-electron chi connectivity index (χ1n) is 6.32. The molecule has 1 amide bonds. The van der Waals surface area contributed by atoms with E-state index in [0.717, 1.165) is 12.8 Å². The first kappa shape index (κ1) is 15.3. The van der Waals surface area contributed by atoms with Gasteiger partial charge in [-0.15, -0.1) is 0 Å². The number of aromatic nitrogens is 1. The molecule has 1 fully saturated rings. The molecule has 6 nitrogen and oxygen atoms in total. The van der Waals surface area contributed by atoms with Crippen molar-refractivity contribution >= 4 is 25.6 Å². The van der Waals surface area contributed by atoms with E-state index in [1.165, 1.54) is 16.8 Å². The number of rotatable bonds is 4. The number of carbonyl (C=O) groups excluding carboxylic acids is 1. The van der Waals surface area contributed by atoms with Gasteiger partial charge in [-0.3, -0.25) is 4.79 Å². The molecular weight excluding hydrogens is 304 g/mol. The normalized spacial score (nSPS) is 20.9. The third-order valence-electron chi connectivity index (χ3n) is 3.38. The predicted octanol–water partition coefficient (Wildman–Crippen LogP) is 1.25. The molecule has 0 saturated carbocycles. The van der Waals surface area contributed by atoms with Gasteiger partial charge in [-0.05, 0) is 25.8 Å². The number of halogens is 1. The van der Waals surface area contributed by atoms with Crippen molar-refractivity contribution in [3.05, 3.63) is 18.0 Å². The van der Waals surface area contributed by atoms with Crippen molar-refractivity contribution in [3.63, 3.8) is 0 Å². The van der Waals surface area contributed by atoms with Gasteiger partial charge < -0.3 is 14.6 Å². The van der Waals surface area contributed by atoms with Crippen molar-refractivity contribution in [2.75, 3.05) is 6.61 Å². The molecule has 0 radical (unpaired) electrons. The molecule has 1 N–H and O–H groups in total. The van der Waals surface area contributed by atoms with Crippen LogP contribution in [-0.4, -0.2) is 37.6 Å². The quantitative estimate of drug-likeness (QED) is 0.847. The molecule has 2 unspecified atom stereocenters. The summed E-state index contributed by atoms with van der Waals surface area (Å²) in [6, 6.07) is 1.14. The van der Waals surface area contributed by atoms with E-state index in [-0.39, 0.29) is 28.6 Å². The maximum absolute atomic E-state index is 12.1. The molecule has 1 saturated heterocycles. The number of ether oxygens (including phenoxy) is 1. The Morgan fingerprint density at radius 3 is 2.80 bits per heavy atom. The molecule has 0 bridgehead atoms. The summed E-state index contributed by atoms with van der Waals surface area (Å²) < 4.78 is 29.4. The van der Waals surface area contributed by atoms with Crippen LogP contribution in [0.2, 0.25) is 0 Å². The van der Waals surface area contributed by atoms with Gasteiger partial charge in [0.1, 0.15) is 10.6 Å². The van der Waals surface area contributed by atoms with Gasteiger partial charge in [0.25, 0.3) is 15.0 Å². The zero-order chi connectivity index (χ0) is 14.9. The zero-order valence-electron chi connectivity index (χ0n) is 11.3. The van der Waals surface area contributed by atoms with E-state index < -0.39 is 9.05 Å². The van der Waals surface area contributed by atoms with E-state index in [9.17, 15) is 13.2 Å². The molecule has 1 aromatic heterocycles. The topological polar surface area (TPSA) is 77.4 Å². The second-order valence-corrected chi connectivity index (χ2v) is 7.49. The second-order valence-electron chi connectivity index (χ2n) is 4.92. The van der Waals surface area contributed by atoms with Crippen LogP contribution in [0.25, 0.3) is 0 Å². The minimum atomic E-state index is -3.84. The van der Waals surface area contributed by atoms with E-state index in [1.54, 1.807) is 7.05 Å². The lowest BCUT2D eigenvalue weighted by molar-refractivity contribution is 0.0707. The van der Waals surface area contributed by atoms with Crippen LogP contribution in [-0.2, 0) is 20.8 Å². The molecule has 0 spiro atoms. The van der Waals surface area contributed by atoms with Gasteiger partial charge in [0, 0.05) is 30.5 Å². The highest BCUT2D eigenvalue weighted by atomic mass is 35.7. The standard InChI is InChI=1S/C12H17ClN2O4S/c1-8(11-4-3-5-19-11)14-12(16)10-6-9(7-15(10)2)20(13,17)18/h6-8,11H,3-5H2,1-2H3,(H,14,16). The van der Waals surface area contributed by atoms with E-state index in [2.05, 4.69) is 5.32 Å². The lowest BCUT2D eigenvalue weighted by Gasteiger charge is -2.20. The van der Waals surface area contributed by atoms with Gasteiger partial charge in [-0.25, -0.2) is 8.42 Å². The van der Waals surface area contributed by atoms with Crippen LogP contribution in [0, 0.1) is 0 Å². The molecule has 0 aromatic carbocycles. The summed E-state index contributed by atoms with van der Waals surface area (Å²) in [6.45, 7) is 2.58. The Bertz CT molecular complexity index is 605. The van der Waals surface area contributed by atoms with Gasteiger partial charge in [0.15, 0.2) is 0 Å². The molecule has 1 aromatic rings. The maximum atomic E-state index is 12.1. The van der Waals surface area contributed by atoms with Gasteiger partial charge >= 0.3 is 0 Å². The van der Waals surface area contributed by atoms with E-state index in [4.69, 9.17) is 15.4 Å². The lowest BCUT2D eigenvalue weighted by atomic mass is 10.1. The summed E-state index contributed by atoms with van der Waals surface area (Å²) in [6.07, 6.45) is 3.23. The molecule has 1 aliphatic rings. The van der Waals surface area contributed by atoms with E-state index in [0.29, 0.717) is 6.61 Å². The monoisotopic (exact) mass is 320 g/mol. The molecule has 1 aliphatic heterocycles. The van der Waals surface area contributed by atoms with E-state index >= 15 is 0 Å². The molecule has 0 aliphatic carbocycles. The largest absolute Gasteiger partial charge is 0.376 e. The number of hydrogen-bond acceptors (Lipinski definition) is 4. The maximum Gasteiger partial charge on any atom is 0.268 e. The molecular formula is C12H17ClN2O4S. The van der Waals surface area contributed by atoms with Crippen LogP contribution in [0.3, 0.4) is 0 Å². The van der Waals surface area contributed by atoms with Crippen LogP contribution >= 0.6 is 10.7 Å². The number of aryl methyl sites for hydroxylation is 1. The second kappa shape index (κ2) is 5.75. The molecule has 2 heterocycles. The highest BCUT2D eigenvalue weighted by Crippen LogP contribution is 2.19. The molecule has 20 heavy (non-hydrogen) atoms. The van der Waals surface area contributed by atoms with Crippen molar-refractivity contribution in [3.8, 4) is 0 Å². The first-order valence-corrected chi connectivity index (χ1v) is 8.63. The minimum absolute atomic E-state index is 0.00967. The van der Waals surface area contributed by atoms with Crippen LogP contribution < -0.4 is 5.32 Å². The van der Waals surface area contributed by atoms with Crippen LogP contribution in [0.5, 0.6) is 0 Å². The van der Waals surface area contributed by atoms with Crippen LogP contribution in [0.1, 0.15) is 30.3 Å². The van der Waals surface area contributed by atoms with Crippen molar-refractivity contribution in [2.45, 2.75) is 36.8 Å². The fraction of sp³-hybridized carbons (Fsp3) is 0.583. The average Bonchev–Trinajstić information content (AvgIpc) is 2.95.